The predicted octanol–water partition coefficient (Wildman–Crippen LogP) is 2.33. The Morgan fingerprint density at radius 3 is 3.05 bits per heavy atom. The number of amides is 1. The quantitative estimate of drug-likeness (QED) is 0.819. The SMILES string of the molecule is NCCC(=O)NCC1CCCCN1Cc1ccc(Br)s1. The summed E-state index contributed by atoms with van der Waals surface area (Å²) in [5.41, 5.74) is 5.40. The van der Waals surface area contributed by atoms with Crippen LogP contribution >= 0.6 is 27.3 Å². The van der Waals surface area contributed by atoms with Crippen molar-refractivity contribution in [1.82, 2.24) is 10.2 Å². The van der Waals surface area contributed by atoms with Crippen molar-refractivity contribution >= 4 is 33.2 Å². The van der Waals surface area contributed by atoms with Crippen LogP contribution in [0.3, 0.4) is 0 Å². The third kappa shape index (κ3) is 4.84. The van der Waals surface area contributed by atoms with Crippen LogP contribution < -0.4 is 11.1 Å². The van der Waals surface area contributed by atoms with Crippen LogP contribution in [0.2, 0.25) is 0 Å². The van der Waals surface area contributed by atoms with Crippen LogP contribution in [0.1, 0.15) is 30.6 Å². The Hall–Kier alpha value is -0.430. The third-order valence-corrected chi connectivity index (χ3v) is 5.25. The second-order valence-corrected chi connectivity index (χ2v) is 7.72. The molecule has 4 nitrogen and oxygen atoms in total. The van der Waals surface area contributed by atoms with Crippen LogP contribution in [0.15, 0.2) is 15.9 Å². The number of hydrogen-bond acceptors (Lipinski definition) is 4. The Balaban J connectivity index is 1.86. The molecule has 0 spiro atoms. The molecule has 1 amide bonds. The summed E-state index contributed by atoms with van der Waals surface area (Å²) < 4.78 is 1.18. The van der Waals surface area contributed by atoms with E-state index in [4.69, 9.17) is 5.73 Å². The van der Waals surface area contributed by atoms with Crippen molar-refractivity contribution in [1.29, 1.82) is 0 Å². The molecular formula is C14H22BrN3OS. The van der Waals surface area contributed by atoms with Crippen molar-refractivity contribution in [2.75, 3.05) is 19.6 Å². The van der Waals surface area contributed by atoms with Gasteiger partial charge in [-0.1, -0.05) is 6.42 Å². The van der Waals surface area contributed by atoms with Crippen molar-refractivity contribution in [2.24, 2.45) is 5.73 Å². The van der Waals surface area contributed by atoms with Crippen molar-refractivity contribution in [3.8, 4) is 0 Å². The van der Waals surface area contributed by atoms with Crippen molar-refractivity contribution in [3.05, 3.63) is 20.8 Å². The zero-order valence-corrected chi connectivity index (χ0v) is 14.0. The first kappa shape index (κ1) is 15.9. The second kappa shape index (κ2) is 8.12. The minimum Gasteiger partial charge on any atom is -0.354 e. The van der Waals surface area contributed by atoms with Gasteiger partial charge in [0, 0.05) is 37.0 Å². The first-order valence-corrected chi connectivity index (χ1v) is 8.75. The normalized spacial score (nSPS) is 20.0. The summed E-state index contributed by atoms with van der Waals surface area (Å²) in [5.74, 6) is 0.0666. The van der Waals surface area contributed by atoms with E-state index in [9.17, 15) is 4.79 Å². The smallest absolute Gasteiger partial charge is 0.221 e. The molecule has 1 aromatic rings. The molecule has 1 unspecified atom stereocenters. The van der Waals surface area contributed by atoms with Crippen LogP contribution in [-0.2, 0) is 11.3 Å². The average Bonchev–Trinajstić information content (AvgIpc) is 2.83. The summed E-state index contributed by atoms with van der Waals surface area (Å²) in [4.78, 5) is 15.4. The summed E-state index contributed by atoms with van der Waals surface area (Å²) in [6, 6.07) is 4.72. The standard InChI is InChI=1S/C14H22BrN3OS/c15-13-5-4-12(20-13)10-18-8-2-1-3-11(18)9-17-14(19)6-7-16/h4-5,11H,1-3,6-10,16H2,(H,17,19). The maximum absolute atomic E-state index is 11.5. The number of likely N-dealkylation sites (tertiary alicyclic amines) is 1. The third-order valence-electron chi connectivity index (χ3n) is 3.64. The van der Waals surface area contributed by atoms with Crippen molar-refractivity contribution in [3.63, 3.8) is 0 Å². The lowest BCUT2D eigenvalue weighted by atomic mass is 10.0. The van der Waals surface area contributed by atoms with Gasteiger partial charge in [-0.15, -0.1) is 11.3 Å². The fourth-order valence-corrected chi connectivity index (χ4v) is 4.10. The maximum Gasteiger partial charge on any atom is 0.221 e. The minimum atomic E-state index is 0.0666. The summed E-state index contributed by atoms with van der Waals surface area (Å²) in [6.07, 6.45) is 4.09. The van der Waals surface area contributed by atoms with Gasteiger partial charge in [0.25, 0.3) is 0 Å². The average molecular weight is 360 g/mol. The zero-order valence-electron chi connectivity index (χ0n) is 11.6. The number of hydrogen-bond donors (Lipinski definition) is 2. The highest BCUT2D eigenvalue weighted by Gasteiger charge is 2.23. The van der Waals surface area contributed by atoms with Crippen LogP contribution in [0.5, 0.6) is 0 Å². The molecule has 0 saturated carbocycles. The fourth-order valence-electron chi connectivity index (χ4n) is 2.59. The molecule has 2 rings (SSSR count). The van der Waals surface area contributed by atoms with Gasteiger partial charge in [0.1, 0.15) is 0 Å². The van der Waals surface area contributed by atoms with Crippen molar-refractivity contribution < 1.29 is 4.79 Å². The van der Waals surface area contributed by atoms with E-state index in [1.54, 1.807) is 11.3 Å². The van der Waals surface area contributed by atoms with Gasteiger partial charge >= 0.3 is 0 Å². The number of nitrogens with zero attached hydrogens (tertiary/aromatic N) is 1. The summed E-state index contributed by atoms with van der Waals surface area (Å²) in [5, 5.41) is 3.01. The van der Waals surface area contributed by atoms with Gasteiger partial charge in [0.2, 0.25) is 5.91 Å². The second-order valence-electron chi connectivity index (χ2n) is 5.17. The first-order chi connectivity index (χ1) is 9.69. The number of carbonyl (C=O) groups is 1. The highest BCUT2D eigenvalue weighted by Crippen LogP contribution is 2.26. The molecule has 1 aliphatic heterocycles. The highest BCUT2D eigenvalue weighted by molar-refractivity contribution is 9.11. The Kier molecular flexibility index (Phi) is 6.48. The number of rotatable bonds is 6. The molecule has 0 aromatic carbocycles. The number of halogens is 1. The van der Waals surface area contributed by atoms with E-state index in [1.165, 1.54) is 21.5 Å². The minimum absolute atomic E-state index is 0.0666. The Labute approximate surface area is 132 Å². The van der Waals surface area contributed by atoms with Crippen LogP contribution in [0.25, 0.3) is 0 Å². The maximum atomic E-state index is 11.5. The van der Waals surface area contributed by atoms with E-state index in [1.807, 2.05) is 0 Å². The molecule has 1 saturated heterocycles. The van der Waals surface area contributed by atoms with E-state index in [-0.39, 0.29) is 5.91 Å². The largest absolute Gasteiger partial charge is 0.354 e. The van der Waals surface area contributed by atoms with Crippen molar-refractivity contribution in [2.45, 2.75) is 38.3 Å². The van der Waals surface area contributed by atoms with E-state index in [0.717, 1.165) is 26.1 Å². The molecule has 3 N–H and O–H groups in total. The number of nitrogens with one attached hydrogen (secondary N) is 1. The molecular weight excluding hydrogens is 338 g/mol. The summed E-state index contributed by atoms with van der Waals surface area (Å²) in [6.45, 7) is 3.26. The van der Waals surface area contributed by atoms with Gasteiger partial charge in [0.05, 0.1) is 3.79 Å². The van der Waals surface area contributed by atoms with Crippen LogP contribution in [-0.4, -0.2) is 36.5 Å². The highest BCUT2D eigenvalue weighted by atomic mass is 79.9. The molecule has 2 heterocycles. The first-order valence-electron chi connectivity index (χ1n) is 7.14. The van der Waals surface area contributed by atoms with Gasteiger partial charge in [-0.3, -0.25) is 9.69 Å². The van der Waals surface area contributed by atoms with Gasteiger partial charge in [-0.05, 0) is 47.4 Å². The van der Waals surface area contributed by atoms with Crippen LogP contribution in [0, 0.1) is 0 Å². The summed E-state index contributed by atoms with van der Waals surface area (Å²) in [7, 11) is 0. The zero-order chi connectivity index (χ0) is 14.4. The van der Waals surface area contributed by atoms with E-state index >= 15 is 0 Å². The number of nitrogens with two attached hydrogens (primary N) is 1. The number of carbonyl (C=O) groups excluding carboxylic acids is 1. The number of thiophene rings is 1. The van der Waals surface area contributed by atoms with E-state index in [0.29, 0.717) is 19.0 Å². The van der Waals surface area contributed by atoms with Gasteiger partial charge < -0.3 is 11.1 Å². The lowest BCUT2D eigenvalue weighted by molar-refractivity contribution is -0.121. The Morgan fingerprint density at radius 1 is 1.50 bits per heavy atom. The molecule has 1 aromatic heterocycles. The van der Waals surface area contributed by atoms with E-state index < -0.39 is 0 Å². The molecule has 6 heteroatoms. The van der Waals surface area contributed by atoms with E-state index in [2.05, 4.69) is 38.3 Å². The predicted molar refractivity (Wildman–Crippen MR) is 86.7 cm³/mol. The molecule has 20 heavy (non-hydrogen) atoms. The Morgan fingerprint density at radius 2 is 2.35 bits per heavy atom. The molecule has 0 aliphatic carbocycles. The molecule has 1 atom stereocenters. The summed E-state index contributed by atoms with van der Waals surface area (Å²) >= 11 is 5.30. The number of piperidine rings is 1. The lowest BCUT2D eigenvalue weighted by Crippen LogP contribution is -2.46. The molecule has 112 valence electrons. The monoisotopic (exact) mass is 359 g/mol. The molecule has 1 aliphatic rings. The van der Waals surface area contributed by atoms with Crippen LogP contribution in [0.4, 0.5) is 0 Å². The topological polar surface area (TPSA) is 58.4 Å². The van der Waals surface area contributed by atoms with Gasteiger partial charge in [-0.2, -0.15) is 0 Å². The molecule has 0 bridgehead atoms. The van der Waals surface area contributed by atoms with Gasteiger partial charge in [0.15, 0.2) is 0 Å². The lowest BCUT2D eigenvalue weighted by Gasteiger charge is -2.35. The van der Waals surface area contributed by atoms with Gasteiger partial charge in [-0.25, -0.2) is 0 Å². The molecule has 0 radical (unpaired) electrons. The Bertz CT molecular complexity index is 438. The molecule has 1 fully saturated rings. The fraction of sp³-hybridized carbons (Fsp3) is 0.643.